The normalized spacial score (nSPS) is 12.2. The lowest BCUT2D eigenvalue weighted by Crippen LogP contribution is -2.30. The number of aliphatic hydroxyl groups excluding tert-OH is 1. The summed E-state index contributed by atoms with van der Waals surface area (Å²) in [6, 6.07) is 7.35. The lowest BCUT2D eigenvalue weighted by atomic mass is 10.1. The minimum absolute atomic E-state index is 0.315. The summed E-state index contributed by atoms with van der Waals surface area (Å²) >= 11 is 0. The fourth-order valence-electron chi connectivity index (χ4n) is 1.58. The molecule has 0 aliphatic carbocycles. The molecule has 0 saturated carbocycles. The number of nitrogens with one attached hydrogen (secondary N) is 1. The Bertz CT molecular complexity index is 346. The number of hydrogen-bond acceptors (Lipinski definition) is 2. The van der Waals surface area contributed by atoms with E-state index in [0.29, 0.717) is 12.1 Å². The molecular formula is C14H21NO2. The van der Waals surface area contributed by atoms with Crippen LogP contribution in [0.25, 0.3) is 0 Å². The summed E-state index contributed by atoms with van der Waals surface area (Å²) in [4.78, 5) is 11.6. The number of benzene rings is 1. The number of carbonyl (C=O) groups excluding carboxylic acids is 1. The first-order chi connectivity index (χ1) is 8.15. The maximum Gasteiger partial charge on any atom is 0.253 e. The third kappa shape index (κ3) is 4.57. The van der Waals surface area contributed by atoms with Gasteiger partial charge in [-0.3, -0.25) is 4.79 Å². The van der Waals surface area contributed by atoms with Gasteiger partial charge in [-0.25, -0.2) is 0 Å². The molecule has 3 heteroatoms. The molecular weight excluding hydrogens is 214 g/mol. The number of amides is 1. The Morgan fingerprint density at radius 2 is 1.94 bits per heavy atom. The van der Waals surface area contributed by atoms with E-state index in [-0.39, 0.29) is 5.91 Å². The average Bonchev–Trinajstić information content (AvgIpc) is 2.34. The van der Waals surface area contributed by atoms with Crippen LogP contribution in [-0.2, 0) is 4.79 Å². The lowest BCUT2D eigenvalue weighted by Gasteiger charge is -2.11. The molecule has 1 aromatic carbocycles. The van der Waals surface area contributed by atoms with E-state index < -0.39 is 6.10 Å². The predicted molar refractivity (Wildman–Crippen MR) is 68.7 cm³/mol. The van der Waals surface area contributed by atoms with Gasteiger partial charge in [0.25, 0.3) is 5.91 Å². The van der Waals surface area contributed by atoms with Crippen LogP contribution in [0.5, 0.6) is 0 Å². The Labute approximate surface area is 103 Å². The van der Waals surface area contributed by atoms with Gasteiger partial charge in [0.2, 0.25) is 0 Å². The second-order valence-electron chi connectivity index (χ2n) is 4.31. The number of unbranched alkanes of at least 4 members (excludes halogenated alkanes) is 2. The molecule has 1 aromatic rings. The van der Waals surface area contributed by atoms with Gasteiger partial charge in [-0.15, -0.1) is 0 Å². The number of hydrogen-bond donors (Lipinski definition) is 2. The second-order valence-corrected chi connectivity index (χ2v) is 4.31. The number of aryl methyl sites for hydroxylation is 1. The van der Waals surface area contributed by atoms with Crippen LogP contribution in [0.1, 0.15) is 43.4 Å². The van der Waals surface area contributed by atoms with Crippen molar-refractivity contribution in [3.05, 3.63) is 35.4 Å². The van der Waals surface area contributed by atoms with Gasteiger partial charge in [-0.05, 0) is 18.9 Å². The zero-order valence-corrected chi connectivity index (χ0v) is 10.6. The zero-order valence-electron chi connectivity index (χ0n) is 10.6. The lowest BCUT2D eigenvalue weighted by molar-refractivity contribution is -0.129. The van der Waals surface area contributed by atoms with Crippen LogP contribution < -0.4 is 5.32 Å². The van der Waals surface area contributed by atoms with Crippen molar-refractivity contribution in [2.24, 2.45) is 0 Å². The van der Waals surface area contributed by atoms with Gasteiger partial charge in [0.1, 0.15) is 0 Å². The Morgan fingerprint density at radius 3 is 2.53 bits per heavy atom. The van der Waals surface area contributed by atoms with Crippen LogP contribution in [0.2, 0.25) is 0 Å². The van der Waals surface area contributed by atoms with Crippen molar-refractivity contribution in [1.82, 2.24) is 5.32 Å². The third-order valence-electron chi connectivity index (χ3n) is 2.72. The van der Waals surface area contributed by atoms with Crippen molar-refractivity contribution < 1.29 is 9.90 Å². The van der Waals surface area contributed by atoms with E-state index >= 15 is 0 Å². The highest BCUT2D eigenvalue weighted by molar-refractivity contribution is 5.81. The van der Waals surface area contributed by atoms with Gasteiger partial charge >= 0.3 is 0 Å². The third-order valence-corrected chi connectivity index (χ3v) is 2.72. The Kier molecular flexibility index (Phi) is 5.70. The molecule has 0 fully saturated rings. The van der Waals surface area contributed by atoms with Crippen LogP contribution in [0.3, 0.4) is 0 Å². The van der Waals surface area contributed by atoms with Gasteiger partial charge < -0.3 is 10.4 Å². The highest BCUT2D eigenvalue weighted by Gasteiger charge is 2.15. The van der Waals surface area contributed by atoms with Crippen molar-refractivity contribution in [1.29, 1.82) is 0 Å². The smallest absolute Gasteiger partial charge is 0.253 e. The van der Waals surface area contributed by atoms with Crippen LogP contribution in [-0.4, -0.2) is 17.6 Å². The summed E-state index contributed by atoms with van der Waals surface area (Å²) in [5, 5.41) is 12.6. The largest absolute Gasteiger partial charge is 0.378 e. The molecule has 94 valence electrons. The standard InChI is InChI=1S/C14H21NO2/c1-3-4-5-10-15-14(17)13(16)12-8-6-11(2)7-9-12/h6-9,13,16H,3-5,10H2,1-2H3,(H,15,17). The van der Waals surface area contributed by atoms with Crippen LogP contribution in [0, 0.1) is 6.92 Å². The molecule has 0 spiro atoms. The number of carbonyl (C=O) groups is 1. The monoisotopic (exact) mass is 235 g/mol. The number of aliphatic hydroxyl groups is 1. The highest BCUT2D eigenvalue weighted by atomic mass is 16.3. The fourth-order valence-corrected chi connectivity index (χ4v) is 1.58. The first-order valence-electron chi connectivity index (χ1n) is 6.17. The Balaban J connectivity index is 2.43. The molecule has 1 rings (SSSR count). The minimum Gasteiger partial charge on any atom is -0.378 e. The fraction of sp³-hybridized carbons (Fsp3) is 0.500. The summed E-state index contributed by atoms with van der Waals surface area (Å²) in [7, 11) is 0. The molecule has 0 bridgehead atoms. The van der Waals surface area contributed by atoms with Crippen LogP contribution >= 0.6 is 0 Å². The molecule has 1 atom stereocenters. The summed E-state index contributed by atoms with van der Waals surface area (Å²) in [6.45, 7) is 4.72. The predicted octanol–water partition coefficient (Wildman–Crippen LogP) is 2.33. The molecule has 2 N–H and O–H groups in total. The van der Waals surface area contributed by atoms with Gasteiger partial charge in [0.05, 0.1) is 0 Å². The van der Waals surface area contributed by atoms with Crippen molar-refractivity contribution >= 4 is 5.91 Å². The first-order valence-corrected chi connectivity index (χ1v) is 6.17. The van der Waals surface area contributed by atoms with Crippen molar-refractivity contribution in [2.45, 2.75) is 39.2 Å². The quantitative estimate of drug-likeness (QED) is 0.743. The van der Waals surface area contributed by atoms with Crippen LogP contribution in [0.4, 0.5) is 0 Å². The molecule has 0 aromatic heterocycles. The molecule has 0 aliphatic rings. The summed E-state index contributed by atoms with van der Waals surface area (Å²) < 4.78 is 0. The maximum atomic E-state index is 11.6. The van der Waals surface area contributed by atoms with Gasteiger partial charge in [-0.2, -0.15) is 0 Å². The second kappa shape index (κ2) is 7.07. The van der Waals surface area contributed by atoms with E-state index in [1.165, 1.54) is 0 Å². The topological polar surface area (TPSA) is 49.3 Å². The van der Waals surface area contributed by atoms with E-state index in [1.54, 1.807) is 12.1 Å². The zero-order chi connectivity index (χ0) is 12.7. The summed E-state index contributed by atoms with van der Waals surface area (Å²) in [5.74, 6) is -0.315. The Hall–Kier alpha value is -1.35. The van der Waals surface area contributed by atoms with Gasteiger partial charge in [0.15, 0.2) is 6.10 Å². The van der Waals surface area contributed by atoms with E-state index in [1.807, 2.05) is 19.1 Å². The molecule has 0 radical (unpaired) electrons. The molecule has 0 saturated heterocycles. The van der Waals surface area contributed by atoms with Crippen molar-refractivity contribution in [3.63, 3.8) is 0 Å². The van der Waals surface area contributed by atoms with Crippen molar-refractivity contribution in [3.8, 4) is 0 Å². The molecule has 3 nitrogen and oxygen atoms in total. The Morgan fingerprint density at radius 1 is 1.29 bits per heavy atom. The van der Waals surface area contributed by atoms with E-state index in [2.05, 4.69) is 12.2 Å². The van der Waals surface area contributed by atoms with E-state index in [4.69, 9.17) is 0 Å². The molecule has 0 heterocycles. The van der Waals surface area contributed by atoms with Gasteiger partial charge in [-0.1, -0.05) is 49.6 Å². The molecule has 17 heavy (non-hydrogen) atoms. The van der Waals surface area contributed by atoms with E-state index in [0.717, 1.165) is 24.8 Å². The minimum atomic E-state index is -1.06. The first kappa shape index (κ1) is 13.7. The SMILES string of the molecule is CCCCCNC(=O)C(O)c1ccc(C)cc1. The van der Waals surface area contributed by atoms with E-state index in [9.17, 15) is 9.90 Å². The number of rotatable bonds is 6. The summed E-state index contributed by atoms with van der Waals surface area (Å²) in [5.41, 5.74) is 1.76. The molecule has 1 amide bonds. The summed E-state index contributed by atoms with van der Waals surface area (Å²) in [6.07, 6.45) is 2.12. The van der Waals surface area contributed by atoms with Crippen molar-refractivity contribution in [2.75, 3.05) is 6.54 Å². The average molecular weight is 235 g/mol. The highest BCUT2D eigenvalue weighted by Crippen LogP contribution is 2.13. The molecule has 1 unspecified atom stereocenters. The van der Waals surface area contributed by atoms with Crippen LogP contribution in [0.15, 0.2) is 24.3 Å². The molecule has 0 aliphatic heterocycles. The van der Waals surface area contributed by atoms with Gasteiger partial charge in [0, 0.05) is 6.54 Å². The maximum absolute atomic E-state index is 11.6.